The molecule has 0 N–H and O–H groups in total. The van der Waals surface area contributed by atoms with E-state index in [0.29, 0.717) is 33.4 Å². The molecule has 4 aromatic rings. The predicted molar refractivity (Wildman–Crippen MR) is 145 cm³/mol. The lowest BCUT2D eigenvalue weighted by Gasteiger charge is -2.18. The Balaban J connectivity index is 2.08. The maximum Gasteiger partial charge on any atom is 0.344 e. The molecule has 0 aliphatic rings. The first-order valence-corrected chi connectivity index (χ1v) is 12.1. The summed E-state index contributed by atoms with van der Waals surface area (Å²) in [6.45, 7) is 5.50. The Morgan fingerprint density at radius 2 is 1.25 bits per heavy atom. The van der Waals surface area contributed by atoms with Gasteiger partial charge in [-0.3, -0.25) is 14.4 Å². The Hall–Kier alpha value is -5.12. The molecule has 4 rings (SSSR count). The van der Waals surface area contributed by atoms with E-state index in [9.17, 15) is 19.2 Å². The summed E-state index contributed by atoms with van der Waals surface area (Å²) in [6.07, 6.45) is 0. The third-order valence-corrected chi connectivity index (χ3v) is 5.93. The average molecular weight is 547 g/mol. The Morgan fingerprint density at radius 3 is 1.77 bits per heavy atom. The summed E-state index contributed by atoms with van der Waals surface area (Å²) in [5.41, 5.74) is 1.60. The number of carbonyl (C=O) groups is 3. The SMILES string of the molecule is COc1cc(-c2c(-c3ccc(OC(C)=O)cc3)c3ccc(OC(C)=O)c(C)c3oc2=O)cc(OC)c1OC(C)=O. The average Bonchev–Trinajstić information content (AvgIpc) is 2.89. The van der Waals surface area contributed by atoms with Gasteiger partial charge in [0.05, 0.1) is 19.8 Å². The minimum Gasteiger partial charge on any atom is -0.493 e. The standard InChI is InChI=1S/C30H26O10/c1-15-23(38-17(3)32)12-11-22-26(19-7-9-21(10-8-19)37-16(2)31)27(30(34)40-28(15)22)20-13-24(35-5)29(39-18(4)33)25(14-20)36-6/h7-14H,1-6H3. The molecule has 0 atom stereocenters. The van der Waals surface area contributed by atoms with Crippen molar-refractivity contribution in [1.82, 2.24) is 0 Å². The fraction of sp³-hybridized carbons (Fsp3) is 0.200. The van der Waals surface area contributed by atoms with Gasteiger partial charge in [-0.2, -0.15) is 0 Å². The summed E-state index contributed by atoms with van der Waals surface area (Å²) in [5.74, 6) is -0.630. The van der Waals surface area contributed by atoms with Crippen LogP contribution in [0.3, 0.4) is 0 Å². The molecule has 1 aromatic heterocycles. The van der Waals surface area contributed by atoms with Gasteiger partial charge in [-0.15, -0.1) is 0 Å². The predicted octanol–water partition coefficient (Wildman–Crippen LogP) is 5.23. The summed E-state index contributed by atoms with van der Waals surface area (Å²) in [7, 11) is 2.78. The molecule has 3 aromatic carbocycles. The zero-order valence-corrected chi connectivity index (χ0v) is 22.7. The van der Waals surface area contributed by atoms with Crippen molar-refractivity contribution in [2.24, 2.45) is 0 Å². The number of esters is 3. The van der Waals surface area contributed by atoms with Crippen LogP contribution in [0, 0.1) is 6.92 Å². The lowest BCUT2D eigenvalue weighted by Crippen LogP contribution is -2.09. The number of carbonyl (C=O) groups excluding carboxylic acids is 3. The Labute approximate surface area is 229 Å². The molecule has 0 aliphatic heterocycles. The minimum atomic E-state index is -0.695. The van der Waals surface area contributed by atoms with Gasteiger partial charge in [0.25, 0.3) is 0 Å². The van der Waals surface area contributed by atoms with E-state index in [1.54, 1.807) is 43.3 Å². The van der Waals surface area contributed by atoms with E-state index in [1.807, 2.05) is 0 Å². The quantitative estimate of drug-likeness (QED) is 0.173. The highest BCUT2D eigenvalue weighted by atomic mass is 16.6. The van der Waals surface area contributed by atoms with Gasteiger partial charge in [0, 0.05) is 37.3 Å². The number of rotatable bonds is 7. The summed E-state index contributed by atoms with van der Waals surface area (Å²) >= 11 is 0. The summed E-state index contributed by atoms with van der Waals surface area (Å²) < 4.78 is 32.5. The Morgan fingerprint density at radius 1 is 0.675 bits per heavy atom. The van der Waals surface area contributed by atoms with Gasteiger partial charge >= 0.3 is 23.5 Å². The van der Waals surface area contributed by atoms with Crippen LogP contribution in [0.2, 0.25) is 0 Å². The number of aryl methyl sites for hydroxylation is 1. The molecule has 0 radical (unpaired) electrons. The fourth-order valence-electron chi connectivity index (χ4n) is 4.33. The first-order valence-electron chi connectivity index (χ1n) is 12.1. The smallest absolute Gasteiger partial charge is 0.344 e. The largest absolute Gasteiger partial charge is 0.493 e. The van der Waals surface area contributed by atoms with Crippen molar-refractivity contribution in [1.29, 1.82) is 0 Å². The van der Waals surface area contributed by atoms with Crippen molar-refractivity contribution in [3.8, 4) is 51.0 Å². The van der Waals surface area contributed by atoms with Crippen LogP contribution in [0.1, 0.15) is 26.3 Å². The van der Waals surface area contributed by atoms with Crippen LogP contribution < -0.4 is 29.3 Å². The number of methoxy groups -OCH3 is 2. The molecule has 10 nitrogen and oxygen atoms in total. The third-order valence-electron chi connectivity index (χ3n) is 5.93. The minimum absolute atomic E-state index is 0.0561. The topological polar surface area (TPSA) is 128 Å². The summed E-state index contributed by atoms with van der Waals surface area (Å²) in [5, 5.41) is 0.547. The molecule has 10 heteroatoms. The maximum atomic E-state index is 13.7. The van der Waals surface area contributed by atoms with Crippen molar-refractivity contribution in [2.75, 3.05) is 14.2 Å². The van der Waals surface area contributed by atoms with Gasteiger partial charge in [0.2, 0.25) is 5.75 Å². The highest BCUT2D eigenvalue weighted by molar-refractivity contribution is 6.03. The number of fused-ring (bicyclic) bond motifs is 1. The molecule has 0 spiro atoms. The molecule has 40 heavy (non-hydrogen) atoms. The second-order valence-corrected chi connectivity index (χ2v) is 8.72. The molecule has 0 aliphatic carbocycles. The number of benzene rings is 3. The molecular formula is C30H26O10. The fourth-order valence-corrected chi connectivity index (χ4v) is 4.33. The van der Waals surface area contributed by atoms with Crippen molar-refractivity contribution in [2.45, 2.75) is 27.7 Å². The molecule has 0 saturated heterocycles. The molecule has 1 heterocycles. The third kappa shape index (κ3) is 5.51. The van der Waals surface area contributed by atoms with Crippen molar-refractivity contribution < 1.29 is 42.5 Å². The molecular weight excluding hydrogens is 520 g/mol. The van der Waals surface area contributed by atoms with E-state index in [4.69, 9.17) is 28.1 Å². The second kappa shape index (κ2) is 11.3. The van der Waals surface area contributed by atoms with Crippen LogP contribution in [-0.4, -0.2) is 32.1 Å². The molecule has 0 saturated carbocycles. The molecule has 0 amide bonds. The van der Waals surface area contributed by atoms with E-state index < -0.39 is 23.5 Å². The normalized spacial score (nSPS) is 10.7. The van der Waals surface area contributed by atoms with Gasteiger partial charge in [-0.1, -0.05) is 12.1 Å². The molecule has 0 unspecified atom stereocenters. The van der Waals surface area contributed by atoms with E-state index in [-0.39, 0.29) is 34.1 Å². The number of hydrogen-bond donors (Lipinski definition) is 0. The van der Waals surface area contributed by atoms with Crippen LogP contribution in [0.5, 0.6) is 28.7 Å². The highest BCUT2D eigenvalue weighted by Gasteiger charge is 2.24. The lowest BCUT2D eigenvalue weighted by molar-refractivity contribution is -0.133. The van der Waals surface area contributed by atoms with Gasteiger partial charge in [-0.25, -0.2) is 4.79 Å². The van der Waals surface area contributed by atoms with Gasteiger partial charge < -0.3 is 28.1 Å². The zero-order chi connectivity index (χ0) is 29.1. The first-order chi connectivity index (χ1) is 19.0. The van der Waals surface area contributed by atoms with Crippen molar-refractivity contribution in [3.05, 3.63) is 64.5 Å². The highest BCUT2D eigenvalue weighted by Crippen LogP contribution is 2.45. The van der Waals surface area contributed by atoms with Crippen LogP contribution in [-0.2, 0) is 14.4 Å². The van der Waals surface area contributed by atoms with Gasteiger partial charge in [0.15, 0.2) is 11.5 Å². The molecule has 206 valence electrons. The van der Waals surface area contributed by atoms with Crippen molar-refractivity contribution in [3.63, 3.8) is 0 Å². The van der Waals surface area contributed by atoms with Crippen LogP contribution in [0.4, 0.5) is 0 Å². The van der Waals surface area contributed by atoms with Gasteiger partial charge in [0.1, 0.15) is 17.1 Å². The zero-order valence-electron chi connectivity index (χ0n) is 22.7. The molecule has 0 fully saturated rings. The van der Waals surface area contributed by atoms with E-state index in [0.717, 1.165) is 0 Å². The van der Waals surface area contributed by atoms with Gasteiger partial charge in [-0.05, 0) is 54.4 Å². The first kappa shape index (κ1) is 27.9. The monoisotopic (exact) mass is 546 g/mol. The molecule has 0 bridgehead atoms. The lowest BCUT2D eigenvalue weighted by atomic mass is 9.91. The van der Waals surface area contributed by atoms with E-state index in [2.05, 4.69) is 0 Å². The number of hydrogen-bond acceptors (Lipinski definition) is 10. The van der Waals surface area contributed by atoms with E-state index >= 15 is 0 Å². The Bertz CT molecular complexity index is 1670. The summed E-state index contributed by atoms with van der Waals surface area (Å²) in [6, 6.07) is 13.0. The van der Waals surface area contributed by atoms with Crippen molar-refractivity contribution >= 4 is 28.9 Å². The van der Waals surface area contributed by atoms with E-state index in [1.165, 1.54) is 47.1 Å². The second-order valence-electron chi connectivity index (χ2n) is 8.72. The Kier molecular flexibility index (Phi) is 7.90. The maximum absolute atomic E-state index is 13.7. The van der Waals surface area contributed by atoms with Crippen LogP contribution in [0.15, 0.2) is 57.7 Å². The van der Waals surface area contributed by atoms with Crippen LogP contribution >= 0.6 is 0 Å². The van der Waals surface area contributed by atoms with Crippen LogP contribution in [0.25, 0.3) is 33.2 Å². The number of ether oxygens (including phenoxy) is 5. The summed E-state index contributed by atoms with van der Waals surface area (Å²) in [4.78, 5) is 48.4.